The topological polar surface area (TPSA) is 96.9 Å². The van der Waals surface area contributed by atoms with Gasteiger partial charge >= 0.3 is 0 Å². The molecule has 3 N–H and O–H groups in total. The Morgan fingerprint density at radius 1 is 1.29 bits per heavy atom. The van der Waals surface area contributed by atoms with Crippen LogP contribution in [0, 0.1) is 0 Å². The summed E-state index contributed by atoms with van der Waals surface area (Å²) in [6.45, 7) is 4.09. The van der Waals surface area contributed by atoms with Crippen molar-refractivity contribution in [2.24, 2.45) is 0 Å². The van der Waals surface area contributed by atoms with Gasteiger partial charge in [0.05, 0.1) is 32.5 Å². The van der Waals surface area contributed by atoms with Gasteiger partial charge in [-0.3, -0.25) is 9.59 Å². The predicted molar refractivity (Wildman–Crippen MR) is 106 cm³/mol. The van der Waals surface area contributed by atoms with E-state index in [-0.39, 0.29) is 12.5 Å². The molecule has 7 heteroatoms. The molecule has 0 aliphatic carbocycles. The van der Waals surface area contributed by atoms with Crippen molar-refractivity contribution < 1.29 is 24.2 Å². The molecular formula is C21H30N2O5. The molecule has 1 unspecified atom stereocenters. The number of benzene rings is 1. The average molecular weight is 390 g/mol. The predicted octanol–water partition coefficient (Wildman–Crippen LogP) is 1.56. The smallest absolute Gasteiger partial charge is 0.251 e. The lowest BCUT2D eigenvalue weighted by Crippen LogP contribution is -2.50. The quantitative estimate of drug-likeness (QED) is 0.524. The number of rotatable bonds is 5. The summed E-state index contributed by atoms with van der Waals surface area (Å²) in [5.41, 5.74) is 1.21. The molecule has 1 aliphatic heterocycles. The molecule has 154 valence electrons. The Morgan fingerprint density at radius 2 is 2.07 bits per heavy atom. The summed E-state index contributed by atoms with van der Waals surface area (Å²) >= 11 is 0. The minimum Gasteiger partial charge on any atom is -0.381 e. The van der Waals surface area contributed by atoms with Gasteiger partial charge in [-0.05, 0) is 24.5 Å². The Bertz CT molecular complexity index is 662. The van der Waals surface area contributed by atoms with Crippen molar-refractivity contribution in [3.05, 3.63) is 47.5 Å². The van der Waals surface area contributed by atoms with E-state index in [2.05, 4.69) is 10.6 Å². The maximum absolute atomic E-state index is 12.8. The highest BCUT2D eigenvalue weighted by molar-refractivity contribution is 5.96. The number of ether oxygens (including phenoxy) is 2. The first kappa shape index (κ1) is 22.1. The van der Waals surface area contributed by atoms with Crippen molar-refractivity contribution in [1.29, 1.82) is 0 Å². The van der Waals surface area contributed by atoms with Crippen LogP contribution in [0.4, 0.5) is 0 Å². The van der Waals surface area contributed by atoms with E-state index >= 15 is 0 Å². The Morgan fingerprint density at radius 3 is 2.89 bits per heavy atom. The molecular weight excluding hydrogens is 360 g/mol. The third kappa shape index (κ3) is 7.07. The molecule has 7 nitrogen and oxygen atoms in total. The van der Waals surface area contributed by atoms with Crippen LogP contribution in [-0.4, -0.2) is 55.4 Å². The van der Waals surface area contributed by atoms with Crippen molar-refractivity contribution in [2.75, 3.05) is 26.4 Å². The molecule has 1 heterocycles. The molecule has 0 fully saturated rings. The minimum absolute atomic E-state index is 0.285. The van der Waals surface area contributed by atoms with E-state index in [9.17, 15) is 14.7 Å². The van der Waals surface area contributed by atoms with Crippen molar-refractivity contribution in [1.82, 2.24) is 10.6 Å². The summed E-state index contributed by atoms with van der Waals surface area (Å²) in [5, 5.41) is 16.0. The monoisotopic (exact) mass is 390 g/mol. The average Bonchev–Trinajstić information content (AvgIpc) is 2.71. The van der Waals surface area contributed by atoms with Gasteiger partial charge in [0.25, 0.3) is 11.8 Å². The molecule has 1 aromatic rings. The molecule has 0 saturated carbocycles. The molecule has 1 aromatic carbocycles. The second-order valence-corrected chi connectivity index (χ2v) is 6.66. The van der Waals surface area contributed by atoms with Crippen LogP contribution in [-0.2, 0) is 20.9 Å². The second-order valence-electron chi connectivity index (χ2n) is 6.66. The number of carbonyl (C=O) groups excluding carboxylic acids is 2. The number of hydrogen-bond donors (Lipinski definition) is 3. The third-order valence-electron chi connectivity index (χ3n) is 4.46. The van der Waals surface area contributed by atoms with Gasteiger partial charge in [-0.1, -0.05) is 43.7 Å². The zero-order chi connectivity index (χ0) is 20.2. The molecule has 0 saturated heterocycles. The maximum Gasteiger partial charge on any atom is 0.251 e. The first-order chi connectivity index (χ1) is 13.6. The standard InChI is InChI=1S/C21H30N2O5/c1-2-3-11-22-21(26)19(24)18-10-6-7-12-27-13-14-28-15-16-8-4-5-9-17(16)20(25)23-18/h4-9,18-19,24H,2-3,10-15H2,1H3,(H,22,26)(H,23,25)/b7-6-/t18-,19?/m0/s1. The highest BCUT2D eigenvalue weighted by Gasteiger charge is 2.27. The maximum atomic E-state index is 12.8. The Kier molecular flexibility index (Phi) is 9.68. The van der Waals surface area contributed by atoms with E-state index in [1.165, 1.54) is 0 Å². The molecule has 1 aliphatic rings. The van der Waals surface area contributed by atoms with Crippen molar-refractivity contribution >= 4 is 11.8 Å². The molecule has 0 aromatic heterocycles. The van der Waals surface area contributed by atoms with Gasteiger partial charge in [0.15, 0.2) is 6.10 Å². The summed E-state index contributed by atoms with van der Waals surface area (Å²) in [5.74, 6) is -0.826. The lowest BCUT2D eigenvalue weighted by atomic mass is 10.0. The fourth-order valence-electron chi connectivity index (χ4n) is 2.82. The molecule has 0 bridgehead atoms. The number of carbonyl (C=O) groups is 2. The van der Waals surface area contributed by atoms with E-state index in [1.54, 1.807) is 24.3 Å². The van der Waals surface area contributed by atoms with Crippen molar-refractivity contribution in [3.8, 4) is 0 Å². The number of nitrogens with one attached hydrogen (secondary N) is 2. The lowest BCUT2D eigenvalue weighted by molar-refractivity contribution is -0.130. The van der Waals surface area contributed by atoms with Crippen LogP contribution >= 0.6 is 0 Å². The molecule has 0 radical (unpaired) electrons. The first-order valence-corrected chi connectivity index (χ1v) is 9.78. The highest BCUT2D eigenvalue weighted by Crippen LogP contribution is 2.12. The first-order valence-electron chi connectivity index (χ1n) is 9.78. The van der Waals surface area contributed by atoms with E-state index in [1.807, 2.05) is 19.1 Å². The summed E-state index contributed by atoms with van der Waals surface area (Å²) < 4.78 is 11.0. The minimum atomic E-state index is -1.34. The summed E-state index contributed by atoms with van der Waals surface area (Å²) in [4.78, 5) is 25.1. The molecule has 2 atom stereocenters. The van der Waals surface area contributed by atoms with Crippen LogP contribution in [0.15, 0.2) is 36.4 Å². The van der Waals surface area contributed by atoms with Crippen LogP contribution in [0.1, 0.15) is 42.1 Å². The zero-order valence-electron chi connectivity index (χ0n) is 16.4. The van der Waals surface area contributed by atoms with Crippen molar-refractivity contribution in [3.63, 3.8) is 0 Å². The van der Waals surface area contributed by atoms with Gasteiger partial charge in [-0.15, -0.1) is 0 Å². The Hall–Kier alpha value is -2.22. The van der Waals surface area contributed by atoms with E-state index < -0.39 is 18.1 Å². The van der Waals surface area contributed by atoms with Gasteiger partial charge in [0.1, 0.15) is 0 Å². The van der Waals surface area contributed by atoms with Crippen LogP contribution in [0.25, 0.3) is 0 Å². The SMILES string of the molecule is CCCCNC(=O)C(O)[C@@H]1C/C=C\COCCOCc2ccccc2C(=O)N1. The van der Waals surface area contributed by atoms with Gasteiger partial charge in [-0.2, -0.15) is 0 Å². The van der Waals surface area contributed by atoms with Crippen LogP contribution in [0.5, 0.6) is 0 Å². The number of amides is 2. The van der Waals surface area contributed by atoms with Gasteiger partial charge < -0.3 is 25.2 Å². The Labute approximate surface area is 166 Å². The van der Waals surface area contributed by atoms with E-state index in [4.69, 9.17) is 9.47 Å². The third-order valence-corrected chi connectivity index (χ3v) is 4.46. The second kappa shape index (κ2) is 12.3. The number of unbranched alkanes of at least 4 members (excludes halogenated alkanes) is 1. The normalized spacial score (nSPS) is 20.9. The van der Waals surface area contributed by atoms with E-state index in [0.717, 1.165) is 18.4 Å². The summed E-state index contributed by atoms with van der Waals surface area (Å²) in [6.07, 6.45) is 4.35. The largest absolute Gasteiger partial charge is 0.381 e. The fourth-order valence-corrected chi connectivity index (χ4v) is 2.82. The highest BCUT2D eigenvalue weighted by atomic mass is 16.5. The summed E-state index contributed by atoms with van der Waals surface area (Å²) in [6, 6.07) is 6.39. The van der Waals surface area contributed by atoms with Crippen LogP contribution in [0.3, 0.4) is 0 Å². The molecule has 2 amide bonds. The zero-order valence-corrected chi connectivity index (χ0v) is 16.4. The van der Waals surface area contributed by atoms with Crippen LogP contribution in [0.2, 0.25) is 0 Å². The van der Waals surface area contributed by atoms with Gasteiger partial charge in [0.2, 0.25) is 0 Å². The Balaban J connectivity index is 2.15. The number of aliphatic hydroxyl groups excluding tert-OH is 1. The number of hydrogen-bond acceptors (Lipinski definition) is 5. The lowest BCUT2D eigenvalue weighted by Gasteiger charge is -2.23. The molecule has 2 rings (SSSR count). The number of aliphatic hydroxyl groups is 1. The fraction of sp³-hybridized carbons (Fsp3) is 0.524. The van der Waals surface area contributed by atoms with Crippen LogP contribution < -0.4 is 10.6 Å². The number of fused-ring (bicyclic) bond motifs is 1. The molecule has 28 heavy (non-hydrogen) atoms. The van der Waals surface area contributed by atoms with Gasteiger partial charge in [-0.25, -0.2) is 0 Å². The van der Waals surface area contributed by atoms with Gasteiger partial charge in [0, 0.05) is 12.1 Å². The molecule has 0 spiro atoms. The van der Waals surface area contributed by atoms with E-state index in [0.29, 0.717) is 38.3 Å². The van der Waals surface area contributed by atoms with Crippen molar-refractivity contribution in [2.45, 2.75) is 44.9 Å². The summed E-state index contributed by atoms with van der Waals surface area (Å²) in [7, 11) is 0.